The average molecular weight is 1160 g/mol. The van der Waals surface area contributed by atoms with Crippen molar-refractivity contribution in [1.29, 1.82) is 0 Å². The minimum Gasteiger partial charge on any atom is -0.481 e. The molecule has 0 heterocycles. The Labute approximate surface area is 466 Å². The van der Waals surface area contributed by atoms with Crippen LogP contribution in [0.15, 0.2) is 4.99 Å². The number of aliphatic imine (C=N–C) groups is 1. The summed E-state index contributed by atoms with van der Waals surface area (Å²) in [5.74, 6) is -17.4. The number of guanidine groups is 1. The fourth-order valence-corrected chi connectivity index (χ4v) is 7.43. The highest BCUT2D eigenvalue weighted by Gasteiger charge is 2.36. The van der Waals surface area contributed by atoms with Gasteiger partial charge in [0.15, 0.2) is 5.96 Å². The average Bonchev–Trinajstić information content (AvgIpc) is 3.35. The summed E-state index contributed by atoms with van der Waals surface area (Å²) >= 11 is 0. The van der Waals surface area contributed by atoms with Crippen LogP contribution in [0.3, 0.4) is 0 Å². The van der Waals surface area contributed by atoms with Crippen LogP contribution in [0.5, 0.6) is 0 Å². The molecule has 81 heavy (non-hydrogen) atoms. The van der Waals surface area contributed by atoms with E-state index < -0.39 is 175 Å². The van der Waals surface area contributed by atoms with E-state index in [1.807, 2.05) is 0 Å². The maximum absolute atomic E-state index is 13.9. The standard InChI is InChI=1S/C47H83N17O17/c1-22(2)16-28(61-44(78)30(19-35(68)69)60-38(72)24(50)17-32(51)65)43(77)58-25(10-5-7-13-48)41(75)62-29(18-33(52)66)39(73)56-21-34(67)64-37(23(3)4)45(79)59-26(11-6-8-14-49)40(74)57-27(12-9-15-55-47(53)54)42(76)63-31(46(80)81)20-36(70)71/h22-31,37H,5-21,48-50H2,1-4H3,(H2,51,65)(H2,52,66)(H,56,73)(H,57,74)(H,58,77)(H,59,79)(H,60,72)(H,61,78)(H,62,75)(H,63,76)(H,64,67)(H,68,69)(H,70,71)(H,80,81)(H4,53,54,55)/t24-,25-,26-,27-,28-,29-,30-,31-,37-/m0/s1. The van der Waals surface area contributed by atoms with E-state index >= 15 is 0 Å². The first-order valence-electron chi connectivity index (χ1n) is 26.0. The van der Waals surface area contributed by atoms with E-state index in [0.29, 0.717) is 12.8 Å². The molecule has 0 aliphatic rings. The van der Waals surface area contributed by atoms with Crippen molar-refractivity contribution in [2.75, 3.05) is 26.2 Å². The van der Waals surface area contributed by atoms with E-state index in [1.54, 1.807) is 13.8 Å². The van der Waals surface area contributed by atoms with Crippen LogP contribution in [-0.4, -0.2) is 185 Å². The van der Waals surface area contributed by atoms with Gasteiger partial charge in [-0.25, -0.2) is 4.79 Å². The van der Waals surface area contributed by atoms with Gasteiger partial charge in [0.1, 0.15) is 48.3 Å². The highest BCUT2D eigenvalue weighted by Crippen LogP contribution is 2.12. The van der Waals surface area contributed by atoms with Gasteiger partial charge in [-0.1, -0.05) is 27.7 Å². The maximum atomic E-state index is 13.9. The second kappa shape index (κ2) is 38.4. The number of carbonyl (C=O) groups excluding carboxylic acids is 11. The lowest BCUT2D eigenvalue weighted by atomic mass is 10.0. The minimum absolute atomic E-state index is 0.0283. The molecule has 0 unspecified atom stereocenters. The molecule has 0 aromatic carbocycles. The Kier molecular flexibility index (Phi) is 34.4. The number of carbonyl (C=O) groups is 14. The molecule has 0 aliphatic carbocycles. The van der Waals surface area contributed by atoms with E-state index in [9.17, 15) is 77.3 Å². The number of nitrogens with two attached hydrogens (primary N) is 7. The van der Waals surface area contributed by atoms with Gasteiger partial charge in [-0.3, -0.25) is 67.3 Å². The molecule has 34 heteroatoms. The van der Waals surface area contributed by atoms with Crippen LogP contribution < -0.4 is 88.0 Å². The third-order valence-corrected chi connectivity index (χ3v) is 11.6. The van der Waals surface area contributed by atoms with Gasteiger partial charge in [0.05, 0.1) is 38.3 Å². The van der Waals surface area contributed by atoms with Gasteiger partial charge in [-0.05, 0) is 82.7 Å². The van der Waals surface area contributed by atoms with Crippen LogP contribution in [0, 0.1) is 11.8 Å². The van der Waals surface area contributed by atoms with Crippen molar-refractivity contribution < 1.29 is 82.4 Å². The molecule has 0 saturated carbocycles. The molecule has 0 bridgehead atoms. The largest absolute Gasteiger partial charge is 0.481 e. The maximum Gasteiger partial charge on any atom is 0.326 e. The first-order valence-corrected chi connectivity index (χ1v) is 26.0. The smallest absolute Gasteiger partial charge is 0.326 e. The summed E-state index contributed by atoms with van der Waals surface area (Å²) in [7, 11) is 0. The van der Waals surface area contributed by atoms with E-state index in [4.69, 9.17) is 45.2 Å². The summed E-state index contributed by atoms with van der Waals surface area (Å²) in [5.41, 5.74) is 38.2. The van der Waals surface area contributed by atoms with Gasteiger partial charge in [0.2, 0.25) is 65.0 Å². The Bertz CT molecular complexity index is 2230. The fraction of sp³-hybridized carbons (Fsp3) is 0.681. The Hall–Kier alpha value is -8.27. The second-order valence-corrected chi connectivity index (χ2v) is 19.6. The van der Waals surface area contributed by atoms with Gasteiger partial charge in [-0.2, -0.15) is 0 Å². The lowest BCUT2D eigenvalue weighted by Crippen LogP contribution is -2.60. The van der Waals surface area contributed by atoms with Gasteiger partial charge in [-0.15, -0.1) is 0 Å². The number of unbranched alkanes of at least 4 members (excludes halogenated alkanes) is 2. The van der Waals surface area contributed by atoms with Crippen molar-refractivity contribution in [3.63, 3.8) is 0 Å². The summed E-state index contributed by atoms with van der Waals surface area (Å²) in [6.45, 7) is 5.86. The van der Waals surface area contributed by atoms with Crippen LogP contribution in [0.2, 0.25) is 0 Å². The zero-order valence-electron chi connectivity index (χ0n) is 45.9. The van der Waals surface area contributed by atoms with E-state index in [-0.39, 0.29) is 76.5 Å². The number of amides is 11. The molecule has 0 saturated heterocycles. The molecule has 0 aromatic heterocycles. The Morgan fingerprint density at radius 2 is 0.840 bits per heavy atom. The van der Waals surface area contributed by atoms with E-state index in [2.05, 4.69) is 52.8 Å². The number of nitrogens with one attached hydrogen (secondary N) is 9. The quantitative estimate of drug-likeness (QED) is 0.0153. The summed E-state index contributed by atoms with van der Waals surface area (Å²) < 4.78 is 0. The number of nitrogens with zero attached hydrogens (tertiary/aromatic N) is 1. The van der Waals surface area contributed by atoms with Crippen molar-refractivity contribution >= 4 is 88.8 Å². The summed E-state index contributed by atoms with van der Waals surface area (Å²) in [5, 5.41) is 49.2. The number of hydrogen-bond donors (Lipinski definition) is 19. The van der Waals surface area contributed by atoms with Gasteiger partial charge >= 0.3 is 17.9 Å². The first-order chi connectivity index (χ1) is 37.8. The summed E-state index contributed by atoms with van der Waals surface area (Å²) in [4.78, 5) is 184. The molecular formula is C47H83N17O17. The third kappa shape index (κ3) is 31.2. The van der Waals surface area contributed by atoms with Crippen LogP contribution in [0.1, 0.15) is 111 Å². The predicted molar refractivity (Wildman–Crippen MR) is 286 cm³/mol. The van der Waals surface area contributed by atoms with Crippen LogP contribution in [0.4, 0.5) is 0 Å². The van der Waals surface area contributed by atoms with E-state index in [1.165, 1.54) is 13.8 Å². The molecule has 0 spiro atoms. The van der Waals surface area contributed by atoms with Crippen LogP contribution in [-0.2, 0) is 67.1 Å². The number of primary amides is 2. The van der Waals surface area contributed by atoms with Gasteiger partial charge < -0.3 is 103 Å². The van der Waals surface area contributed by atoms with Gasteiger partial charge in [0, 0.05) is 6.54 Å². The van der Waals surface area contributed by atoms with E-state index in [0.717, 1.165) is 0 Å². The van der Waals surface area contributed by atoms with Crippen molar-refractivity contribution in [2.24, 2.45) is 57.0 Å². The van der Waals surface area contributed by atoms with Crippen molar-refractivity contribution in [3.05, 3.63) is 0 Å². The van der Waals surface area contributed by atoms with Crippen LogP contribution >= 0.6 is 0 Å². The molecule has 0 aliphatic heterocycles. The third-order valence-electron chi connectivity index (χ3n) is 11.6. The molecule has 458 valence electrons. The molecule has 11 amide bonds. The first kappa shape index (κ1) is 72.7. The highest BCUT2D eigenvalue weighted by molar-refractivity contribution is 5.99. The zero-order valence-corrected chi connectivity index (χ0v) is 45.9. The second-order valence-electron chi connectivity index (χ2n) is 19.6. The zero-order chi connectivity index (χ0) is 62.1. The lowest BCUT2D eigenvalue weighted by Gasteiger charge is -2.27. The fourth-order valence-electron chi connectivity index (χ4n) is 7.43. The Morgan fingerprint density at radius 3 is 1.27 bits per heavy atom. The SMILES string of the molecule is CC(C)C[C@H](NC(=O)[C@H](CC(=O)O)NC(=O)[C@@H](N)CC(N)=O)C(=O)N[C@@H](CCCCN)C(=O)N[C@@H](CC(N)=O)C(=O)NCC(=O)N[C@H](C(=O)N[C@@H](CCCCN)C(=O)N[C@@H](CCCN=C(N)N)C(=O)N[C@@H](CC(=O)O)C(=O)O)C(C)C. The number of rotatable bonds is 42. The minimum atomic E-state index is -1.88. The number of carboxylic acids is 3. The number of aliphatic carboxylic acids is 3. The highest BCUT2D eigenvalue weighted by atomic mass is 16.4. The normalized spacial score (nSPS) is 14.3. The number of hydrogen-bond acceptors (Lipinski definition) is 18. The van der Waals surface area contributed by atoms with Crippen LogP contribution in [0.25, 0.3) is 0 Å². The van der Waals surface area contributed by atoms with Crippen molar-refractivity contribution in [2.45, 2.75) is 166 Å². The number of carboxylic acid groups (broad SMARTS) is 3. The predicted octanol–water partition coefficient (Wildman–Crippen LogP) is -7.89. The Balaban J connectivity index is 6.48. The van der Waals surface area contributed by atoms with Crippen molar-refractivity contribution in [3.8, 4) is 0 Å². The molecule has 9 atom stereocenters. The molecule has 26 N–H and O–H groups in total. The topological polar surface area (TPSA) is 602 Å². The summed E-state index contributed by atoms with van der Waals surface area (Å²) in [6.07, 6.45) is -2.65. The molecule has 0 radical (unpaired) electrons. The monoisotopic (exact) mass is 1160 g/mol. The lowest BCUT2D eigenvalue weighted by molar-refractivity contribution is -0.147. The Morgan fingerprint density at radius 1 is 0.444 bits per heavy atom. The molecule has 0 fully saturated rings. The molecule has 34 nitrogen and oxygen atoms in total. The molecular weight excluding hydrogens is 1070 g/mol. The summed E-state index contributed by atoms with van der Waals surface area (Å²) in [6, 6.07) is -14.2. The molecule has 0 rings (SSSR count). The van der Waals surface area contributed by atoms with Crippen molar-refractivity contribution in [1.82, 2.24) is 47.9 Å². The molecule has 0 aromatic rings. The van der Waals surface area contributed by atoms with Gasteiger partial charge in [0.25, 0.3) is 0 Å².